The number of amides is 1. The van der Waals surface area contributed by atoms with Crippen molar-refractivity contribution in [3.05, 3.63) is 59.8 Å². The van der Waals surface area contributed by atoms with Crippen molar-refractivity contribution in [2.45, 2.75) is 25.7 Å². The van der Waals surface area contributed by atoms with E-state index in [9.17, 15) is 4.79 Å². The van der Waals surface area contributed by atoms with Crippen molar-refractivity contribution >= 4 is 5.91 Å². The van der Waals surface area contributed by atoms with E-state index in [4.69, 9.17) is 0 Å². The van der Waals surface area contributed by atoms with Crippen molar-refractivity contribution < 1.29 is 4.79 Å². The van der Waals surface area contributed by atoms with Crippen LogP contribution in [0.2, 0.25) is 0 Å². The van der Waals surface area contributed by atoms with E-state index in [1.165, 1.54) is 0 Å². The van der Waals surface area contributed by atoms with Crippen LogP contribution in [-0.2, 0) is 0 Å². The normalized spacial score (nSPS) is 15.5. The van der Waals surface area contributed by atoms with Gasteiger partial charge in [0.05, 0.1) is 11.3 Å². The highest BCUT2D eigenvalue weighted by molar-refractivity contribution is 5.95. The van der Waals surface area contributed by atoms with Crippen LogP contribution in [0.1, 0.15) is 40.4 Å². The van der Waals surface area contributed by atoms with Gasteiger partial charge in [-0.05, 0) is 43.5 Å². The van der Waals surface area contributed by atoms with Crippen molar-refractivity contribution in [3.8, 4) is 11.3 Å². The van der Waals surface area contributed by atoms with Gasteiger partial charge in [0.15, 0.2) is 0 Å². The van der Waals surface area contributed by atoms with E-state index >= 15 is 0 Å². The second-order valence-corrected chi connectivity index (χ2v) is 6.56. The zero-order valence-corrected chi connectivity index (χ0v) is 14.2. The summed E-state index contributed by atoms with van der Waals surface area (Å²) < 4.78 is 0. The van der Waals surface area contributed by atoms with Crippen molar-refractivity contribution in [2.24, 2.45) is 0 Å². The molecule has 0 aromatic carbocycles. The summed E-state index contributed by atoms with van der Waals surface area (Å²) in [6.45, 7) is 3.51. The smallest absolute Gasteiger partial charge is 0.255 e. The molecule has 1 aliphatic heterocycles. The fraction of sp³-hybridized carbons (Fsp3) is 0.316. The maximum absolute atomic E-state index is 12.6. The molecule has 0 radical (unpaired) electrons. The van der Waals surface area contributed by atoms with E-state index in [0.29, 0.717) is 5.92 Å². The fourth-order valence-corrected chi connectivity index (χ4v) is 3.45. The van der Waals surface area contributed by atoms with Gasteiger partial charge < -0.3 is 9.88 Å². The van der Waals surface area contributed by atoms with Crippen LogP contribution in [0.15, 0.2) is 43.0 Å². The Morgan fingerprint density at radius 2 is 1.96 bits per heavy atom. The number of likely N-dealkylation sites (tertiary alicyclic amines) is 1. The quantitative estimate of drug-likeness (QED) is 0.772. The fourth-order valence-electron chi connectivity index (χ4n) is 3.45. The largest absolute Gasteiger partial charge is 0.367 e. The molecule has 0 bridgehead atoms. The molecule has 25 heavy (non-hydrogen) atoms. The molecule has 1 amide bonds. The molecule has 6 nitrogen and oxygen atoms in total. The molecule has 3 aromatic rings. The molecule has 0 atom stereocenters. The van der Waals surface area contributed by atoms with Crippen molar-refractivity contribution in [2.75, 3.05) is 13.1 Å². The molecular formula is C19H21N5O. The van der Waals surface area contributed by atoms with Crippen molar-refractivity contribution in [3.63, 3.8) is 0 Å². The number of hydrogen-bond acceptors (Lipinski definition) is 3. The molecule has 4 heterocycles. The Morgan fingerprint density at radius 3 is 2.64 bits per heavy atom. The van der Waals surface area contributed by atoms with Gasteiger partial charge >= 0.3 is 0 Å². The molecule has 1 saturated heterocycles. The summed E-state index contributed by atoms with van der Waals surface area (Å²) in [5, 5.41) is 7.61. The Kier molecular flexibility index (Phi) is 4.09. The maximum atomic E-state index is 12.6. The number of carbonyl (C=O) groups excluding carboxylic acids is 1. The molecule has 6 heteroatoms. The Hall–Kier alpha value is -2.89. The van der Waals surface area contributed by atoms with Crippen LogP contribution in [-0.4, -0.2) is 44.1 Å². The predicted octanol–water partition coefficient (Wildman–Crippen LogP) is 3.13. The summed E-state index contributed by atoms with van der Waals surface area (Å²) in [6.07, 6.45) is 9.11. The van der Waals surface area contributed by atoms with Gasteiger partial charge in [-0.3, -0.25) is 14.9 Å². The lowest BCUT2D eigenvalue weighted by Gasteiger charge is -2.31. The minimum Gasteiger partial charge on any atom is -0.367 e. The summed E-state index contributed by atoms with van der Waals surface area (Å²) in [7, 11) is 0. The number of carbonyl (C=O) groups is 1. The number of aromatic nitrogens is 4. The second-order valence-electron chi connectivity index (χ2n) is 6.56. The first-order valence-corrected chi connectivity index (χ1v) is 8.61. The monoisotopic (exact) mass is 335 g/mol. The third-order valence-corrected chi connectivity index (χ3v) is 4.98. The minimum atomic E-state index is 0.124. The number of hydrogen-bond donors (Lipinski definition) is 2. The van der Waals surface area contributed by atoms with Gasteiger partial charge in [0.25, 0.3) is 5.91 Å². The zero-order chi connectivity index (χ0) is 17.2. The first-order chi connectivity index (χ1) is 12.2. The van der Waals surface area contributed by atoms with E-state index in [0.717, 1.165) is 54.0 Å². The SMILES string of the molecule is Cc1c[nH]cc1C(=O)N1CCC(c2cc(-c3ccncc3)n[nH]2)CC1. The number of piperidine rings is 1. The van der Waals surface area contributed by atoms with Gasteiger partial charge in [-0.2, -0.15) is 5.10 Å². The molecule has 1 aliphatic rings. The number of rotatable bonds is 3. The highest BCUT2D eigenvalue weighted by atomic mass is 16.2. The lowest BCUT2D eigenvalue weighted by molar-refractivity contribution is 0.0711. The average molecular weight is 335 g/mol. The number of nitrogens with zero attached hydrogens (tertiary/aromatic N) is 3. The van der Waals surface area contributed by atoms with Crippen LogP contribution in [0.3, 0.4) is 0 Å². The van der Waals surface area contributed by atoms with Crippen LogP contribution in [0, 0.1) is 6.92 Å². The van der Waals surface area contributed by atoms with Crippen molar-refractivity contribution in [1.82, 2.24) is 25.1 Å². The third-order valence-electron chi connectivity index (χ3n) is 4.98. The van der Waals surface area contributed by atoms with Gasteiger partial charge in [-0.15, -0.1) is 0 Å². The highest BCUT2D eigenvalue weighted by Crippen LogP contribution is 2.30. The van der Waals surface area contributed by atoms with E-state index in [1.807, 2.05) is 30.2 Å². The Balaban J connectivity index is 1.42. The molecule has 128 valence electrons. The number of pyridine rings is 1. The maximum Gasteiger partial charge on any atom is 0.255 e. The molecule has 1 fully saturated rings. The lowest BCUT2D eigenvalue weighted by atomic mass is 9.92. The Morgan fingerprint density at radius 1 is 1.20 bits per heavy atom. The molecule has 0 unspecified atom stereocenters. The molecule has 0 saturated carbocycles. The minimum absolute atomic E-state index is 0.124. The molecule has 0 spiro atoms. The predicted molar refractivity (Wildman–Crippen MR) is 95.2 cm³/mol. The molecular weight excluding hydrogens is 314 g/mol. The van der Waals surface area contributed by atoms with Gasteiger partial charge in [0.2, 0.25) is 0 Å². The standard InChI is InChI=1S/C19H21N5O/c1-13-11-21-12-16(13)19(25)24-8-4-15(5-9-24)18-10-17(22-23-18)14-2-6-20-7-3-14/h2-3,6-7,10-12,15,21H,4-5,8-9H2,1H3,(H,22,23). The summed E-state index contributed by atoms with van der Waals surface area (Å²) in [5.41, 5.74) is 4.94. The van der Waals surface area contributed by atoms with Crippen LogP contribution in [0.5, 0.6) is 0 Å². The topological polar surface area (TPSA) is 77.7 Å². The Bertz CT molecular complexity index is 859. The summed E-state index contributed by atoms with van der Waals surface area (Å²) in [4.78, 5) is 21.6. The highest BCUT2D eigenvalue weighted by Gasteiger charge is 2.26. The van der Waals surface area contributed by atoms with Gasteiger partial charge in [0, 0.05) is 55.1 Å². The number of nitrogens with one attached hydrogen (secondary N) is 2. The molecule has 2 N–H and O–H groups in total. The lowest BCUT2D eigenvalue weighted by Crippen LogP contribution is -2.38. The number of aromatic amines is 2. The summed E-state index contributed by atoms with van der Waals surface area (Å²) in [6, 6.07) is 6.04. The van der Waals surface area contributed by atoms with E-state index in [-0.39, 0.29) is 5.91 Å². The van der Waals surface area contributed by atoms with Crippen LogP contribution in [0.4, 0.5) is 0 Å². The van der Waals surface area contributed by atoms with E-state index < -0.39 is 0 Å². The summed E-state index contributed by atoms with van der Waals surface area (Å²) in [5.74, 6) is 0.541. The summed E-state index contributed by atoms with van der Waals surface area (Å²) >= 11 is 0. The zero-order valence-electron chi connectivity index (χ0n) is 14.2. The van der Waals surface area contributed by atoms with Crippen molar-refractivity contribution in [1.29, 1.82) is 0 Å². The third kappa shape index (κ3) is 3.07. The van der Waals surface area contributed by atoms with Gasteiger partial charge in [-0.25, -0.2) is 0 Å². The average Bonchev–Trinajstić information content (AvgIpc) is 3.31. The molecule has 3 aromatic heterocycles. The van der Waals surface area contributed by atoms with Gasteiger partial charge in [0.1, 0.15) is 0 Å². The Labute approximate surface area is 146 Å². The number of aryl methyl sites for hydroxylation is 1. The van der Waals surface area contributed by atoms with Gasteiger partial charge in [-0.1, -0.05) is 0 Å². The molecule has 4 rings (SSSR count). The van der Waals surface area contributed by atoms with Crippen LogP contribution < -0.4 is 0 Å². The first-order valence-electron chi connectivity index (χ1n) is 8.61. The second kappa shape index (κ2) is 6.55. The molecule has 0 aliphatic carbocycles. The van der Waals surface area contributed by atoms with E-state index in [1.54, 1.807) is 18.6 Å². The first kappa shape index (κ1) is 15.6. The van der Waals surface area contributed by atoms with Crippen LogP contribution in [0.25, 0.3) is 11.3 Å². The van der Waals surface area contributed by atoms with E-state index in [2.05, 4.69) is 26.2 Å². The number of H-pyrrole nitrogens is 2. The van der Waals surface area contributed by atoms with Crippen LogP contribution >= 0.6 is 0 Å².